The molecule has 0 aliphatic rings. The number of hydrogen-bond donors (Lipinski definition) is 3. The van der Waals surface area contributed by atoms with Gasteiger partial charge < -0.3 is 20.6 Å². The van der Waals surface area contributed by atoms with E-state index in [-0.39, 0.29) is 24.9 Å². The van der Waals surface area contributed by atoms with Gasteiger partial charge in [0.25, 0.3) is 0 Å². The molecule has 0 saturated heterocycles. The molecule has 3 amide bonds. The quantitative estimate of drug-likeness (QED) is 0.645. The molecule has 7 heteroatoms. The number of aliphatic carboxylic acids is 1. The average Bonchev–Trinajstić information content (AvgIpc) is 2.34. The highest BCUT2D eigenvalue weighted by Crippen LogP contribution is 2.10. The highest BCUT2D eigenvalue weighted by molar-refractivity contribution is 5.88. The van der Waals surface area contributed by atoms with E-state index >= 15 is 0 Å². The number of likely N-dealkylation sites (N-methyl/N-ethyl adjacent to an activating group) is 1. The zero-order valence-electron chi connectivity index (χ0n) is 12.8. The lowest BCUT2D eigenvalue weighted by molar-refractivity contribution is -0.143. The Morgan fingerprint density at radius 1 is 1.25 bits per heavy atom. The molecule has 0 spiro atoms. The highest BCUT2D eigenvalue weighted by Gasteiger charge is 2.34. The average molecular weight is 287 g/mol. The standard InChI is InChI=1S/C13H25N3O4/c1-6-13(5,11(18)19)15-12(20)16(7-2)8-10(17)14-9(3)4/h9H,6-8H2,1-5H3,(H,14,17)(H,15,20)(H,18,19). The maximum absolute atomic E-state index is 12.0. The molecule has 0 aliphatic carbocycles. The molecule has 3 N–H and O–H groups in total. The number of urea groups is 1. The van der Waals surface area contributed by atoms with E-state index in [0.29, 0.717) is 6.54 Å². The van der Waals surface area contributed by atoms with Gasteiger partial charge in [0.15, 0.2) is 0 Å². The minimum atomic E-state index is -1.33. The van der Waals surface area contributed by atoms with Gasteiger partial charge >= 0.3 is 12.0 Å². The molecule has 1 atom stereocenters. The minimum Gasteiger partial charge on any atom is -0.480 e. The summed E-state index contributed by atoms with van der Waals surface area (Å²) >= 11 is 0. The Hall–Kier alpha value is -1.79. The lowest BCUT2D eigenvalue weighted by Gasteiger charge is -2.29. The van der Waals surface area contributed by atoms with Gasteiger partial charge in [0, 0.05) is 12.6 Å². The van der Waals surface area contributed by atoms with E-state index in [2.05, 4.69) is 10.6 Å². The summed E-state index contributed by atoms with van der Waals surface area (Å²) in [6.07, 6.45) is 0.254. The van der Waals surface area contributed by atoms with E-state index in [1.165, 1.54) is 11.8 Å². The van der Waals surface area contributed by atoms with Gasteiger partial charge in [-0.2, -0.15) is 0 Å². The molecule has 0 aromatic heterocycles. The summed E-state index contributed by atoms with van der Waals surface area (Å²) in [5.41, 5.74) is -1.33. The van der Waals surface area contributed by atoms with Crippen LogP contribution in [0.15, 0.2) is 0 Å². The lowest BCUT2D eigenvalue weighted by Crippen LogP contribution is -2.57. The maximum atomic E-state index is 12.0. The molecule has 1 unspecified atom stereocenters. The number of carboxylic acid groups (broad SMARTS) is 1. The van der Waals surface area contributed by atoms with Crippen LogP contribution in [0, 0.1) is 0 Å². The van der Waals surface area contributed by atoms with Gasteiger partial charge in [-0.3, -0.25) is 4.79 Å². The monoisotopic (exact) mass is 287 g/mol. The number of carbonyl (C=O) groups is 3. The molecule has 0 bridgehead atoms. The topological polar surface area (TPSA) is 98.7 Å². The van der Waals surface area contributed by atoms with E-state index in [4.69, 9.17) is 5.11 Å². The van der Waals surface area contributed by atoms with Gasteiger partial charge in [0.2, 0.25) is 5.91 Å². The molecular weight excluding hydrogens is 262 g/mol. The van der Waals surface area contributed by atoms with Gasteiger partial charge in [-0.05, 0) is 34.1 Å². The number of nitrogens with one attached hydrogen (secondary N) is 2. The highest BCUT2D eigenvalue weighted by atomic mass is 16.4. The first-order valence-corrected chi connectivity index (χ1v) is 6.76. The van der Waals surface area contributed by atoms with Crippen LogP contribution in [0.25, 0.3) is 0 Å². The predicted molar refractivity (Wildman–Crippen MR) is 75.4 cm³/mol. The second-order valence-electron chi connectivity index (χ2n) is 5.16. The normalized spacial score (nSPS) is 13.5. The summed E-state index contributed by atoms with van der Waals surface area (Å²) in [5, 5.41) is 14.3. The summed E-state index contributed by atoms with van der Waals surface area (Å²) in [7, 11) is 0. The Morgan fingerprint density at radius 3 is 2.15 bits per heavy atom. The van der Waals surface area contributed by atoms with Gasteiger partial charge in [-0.1, -0.05) is 6.92 Å². The largest absolute Gasteiger partial charge is 0.480 e. The van der Waals surface area contributed by atoms with Crippen molar-refractivity contribution in [3.05, 3.63) is 0 Å². The molecule has 0 aromatic rings. The van der Waals surface area contributed by atoms with Crippen molar-refractivity contribution in [3.8, 4) is 0 Å². The van der Waals surface area contributed by atoms with Crippen LogP contribution in [0.1, 0.15) is 41.0 Å². The van der Waals surface area contributed by atoms with Crippen molar-refractivity contribution in [1.82, 2.24) is 15.5 Å². The second kappa shape index (κ2) is 7.72. The molecule has 0 saturated carbocycles. The third-order valence-corrected chi connectivity index (χ3v) is 3.02. The summed E-state index contributed by atoms with van der Waals surface area (Å²) < 4.78 is 0. The fourth-order valence-corrected chi connectivity index (χ4v) is 1.48. The number of nitrogens with zero attached hydrogens (tertiary/aromatic N) is 1. The van der Waals surface area contributed by atoms with Crippen LogP contribution in [-0.4, -0.2) is 52.6 Å². The Balaban J connectivity index is 4.71. The second-order valence-corrected chi connectivity index (χ2v) is 5.16. The fraction of sp³-hybridized carbons (Fsp3) is 0.769. The van der Waals surface area contributed by atoms with Crippen LogP contribution in [0.4, 0.5) is 4.79 Å². The lowest BCUT2D eigenvalue weighted by atomic mass is 10.00. The SMILES string of the molecule is CCN(CC(=O)NC(C)C)C(=O)NC(C)(CC)C(=O)O. The first-order valence-electron chi connectivity index (χ1n) is 6.76. The van der Waals surface area contributed by atoms with Gasteiger partial charge in [0.1, 0.15) is 12.1 Å². The third-order valence-electron chi connectivity index (χ3n) is 3.02. The first-order chi connectivity index (χ1) is 9.16. The van der Waals surface area contributed by atoms with Crippen LogP contribution in [0.2, 0.25) is 0 Å². The molecule has 0 aliphatic heterocycles. The molecule has 116 valence electrons. The van der Waals surface area contributed by atoms with Crippen molar-refractivity contribution < 1.29 is 19.5 Å². The molecular formula is C13H25N3O4. The molecule has 0 rings (SSSR count). The number of carbonyl (C=O) groups excluding carboxylic acids is 2. The van der Waals surface area contributed by atoms with Crippen LogP contribution in [0.3, 0.4) is 0 Å². The van der Waals surface area contributed by atoms with Crippen molar-refractivity contribution in [2.75, 3.05) is 13.1 Å². The van der Waals surface area contributed by atoms with E-state index in [9.17, 15) is 14.4 Å². The van der Waals surface area contributed by atoms with Crippen molar-refractivity contribution in [2.45, 2.75) is 52.6 Å². The maximum Gasteiger partial charge on any atom is 0.329 e. The summed E-state index contributed by atoms with van der Waals surface area (Å²) in [5.74, 6) is -1.37. The van der Waals surface area contributed by atoms with Gasteiger partial charge in [0.05, 0.1) is 0 Å². The summed E-state index contributed by atoms with van der Waals surface area (Å²) in [6, 6.07) is -0.567. The van der Waals surface area contributed by atoms with Crippen LogP contribution >= 0.6 is 0 Å². The zero-order valence-corrected chi connectivity index (χ0v) is 12.8. The van der Waals surface area contributed by atoms with Crippen molar-refractivity contribution in [3.63, 3.8) is 0 Å². The molecule has 0 radical (unpaired) electrons. The predicted octanol–water partition coefficient (Wildman–Crippen LogP) is 0.796. The number of amides is 3. The van der Waals surface area contributed by atoms with Gasteiger partial charge in [-0.15, -0.1) is 0 Å². The van der Waals surface area contributed by atoms with Crippen LogP contribution < -0.4 is 10.6 Å². The molecule has 0 heterocycles. The Kier molecular flexibility index (Phi) is 7.02. The van der Waals surface area contributed by atoms with E-state index in [0.717, 1.165) is 0 Å². The minimum absolute atomic E-state index is 0.0100. The summed E-state index contributed by atoms with van der Waals surface area (Å²) in [6.45, 7) is 8.72. The number of hydrogen-bond acceptors (Lipinski definition) is 3. The van der Waals surface area contributed by atoms with E-state index in [1.54, 1.807) is 13.8 Å². The van der Waals surface area contributed by atoms with Crippen molar-refractivity contribution in [2.24, 2.45) is 0 Å². The van der Waals surface area contributed by atoms with Crippen molar-refractivity contribution in [1.29, 1.82) is 0 Å². The van der Waals surface area contributed by atoms with Crippen LogP contribution in [0.5, 0.6) is 0 Å². The molecule has 0 fully saturated rings. The Morgan fingerprint density at radius 2 is 1.80 bits per heavy atom. The van der Waals surface area contributed by atoms with Gasteiger partial charge in [-0.25, -0.2) is 9.59 Å². The fourth-order valence-electron chi connectivity index (χ4n) is 1.48. The zero-order chi connectivity index (χ0) is 15.9. The number of carboxylic acids is 1. The van der Waals surface area contributed by atoms with E-state index < -0.39 is 17.5 Å². The van der Waals surface area contributed by atoms with Crippen molar-refractivity contribution >= 4 is 17.9 Å². The number of rotatable bonds is 7. The molecule has 20 heavy (non-hydrogen) atoms. The third kappa shape index (κ3) is 5.46. The molecule has 0 aromatic carbocycles. The molecule has 7 nitrogen and oxygen atoms in total. The smallest absolute Gasteiger partial charge is 0.329 e. The van der Waals surface area contributed by atoms with Crippen LogP contribution in [-0.2, 0) is 9.59 Å². The Labute approximate surface area is 119 Å². The first kappa shape index (κ1) is 18.2. The van der Waals surface area contributed by atoms with E-state index in [1.807, 2.05) is 13.8 Å². The summed E-state index contributed by atoms with van der Waals surface area (Å²) in [4.78, 5) is 36.1. The Bertz CT molecular complexity index is 371.